The van der Waals surface area contributed by atoms with Gasteiger partial charge in [-0.05, 0) is 59.7 Å². The van der Waals surface area contributed by atoms with Gasteiger partial charge in [0, 0.05) is 29.5 Å². The van der Waals surface area contributed by atoms with Gasteiger partial charge in [0.05, 0.1) is 23.4 Å². The Bertz CT molecular complexity index is 1590. The second kappa shape index (κ2) is 10.4. The van der Waals surface area contributed by atoms with Crippen molar-refractivity contribution in [2.75, 3.05) is 6.54 Å². The van der Waals surface area contributed by atoms with Crippen LogP contribution in [0.3, 0.4) is 0 Å². The van der Waals surface area contributed by atoms with E-state index in [1.807, 2.05) is 0 Å². The first-order chi connectivity index (χ1) is 18.3. The lowest BCUT2D eigenvalue weighted by molar-refractivity contribution is -0.122. The predicted molar refractivity (Wildman–Crippen MR) is 135 cm³/mol. The van der Waals surface area contributed by atoms with Gasteiger partial charge in [0.2, 0.25) is 5.91 Å². The van der Waals surface area contributed by atoms with Crippen LogP contribution in [0.5, 0.6) is 5.75 Å². The van der Waals surface area contributed by atoms with Gasteiger partial charge < -0.3 is 10.1 Å². The highest BCUT2D eigenvalue weighted by atomic mass is 35.5. The zero-order valence-corrected chi connectivity index (χ0v) is 20.3. The number of nitrogens with one attached hydrogen (secondary N) is 2. The highest BCUT2D eigenvalue weighted by molar-refractivity contribution is 6.31. The molecule has 1 aliphatic heterocycles. The molecule has 1 unspecified atom stereocenters. The fraction of sp³-hybridized carbons (Fsp3) is 0.111. The van der Waals surface area contributed by atoms with Crippen molar-refractivity contribution in [2.45, 2.75) is 12.5 Å². The van der Waals surface area contributed by atoms with Gasteiger partial charge in [-0.25, -0.2) is 13.6 Å². The van der Waals surface area contributed by atoms with Crippen molar-refractivity contribution in [3.05, 3.63) is 111 Å². The number of benzene rings is 2. The van der Waals surface area contributed by atoms with E-state index in [9.17, 15) is 23.2 Å². The van der Waals surface area contributed by atoms with Gasteiger partial charge in [0.1, 0.15) is 24.0 Å². The van der Waals surface area contributed by atoms with Crippen molar-refractivity contribution in [3.8, 4) is 22.6 Å². The second-order valence-electron chi connectivity index (χ2n) is 8.49. The minimum absolute atomic E-state index is 0.0352. The van der Waals surface area contributed by atoms with Crippen molar-refractivity contribution in [2.24, 2.45) is 0 Å². The SMILES string of the molecule is O=C1NCC(c2cc(-c3cc(Cl)cc(OCc4c(F)cccc4F)c3)c(=O)n(-c3cccnc3)c2)C(=O)N1. The van der Waals surface area contributed by atoms with E-state index in [1.54, 1.807) is 24.4 Å². The van der Waals surface area contributed by atoms with Crippen molar-refractivity contribution >= 4 is 23.5 Å². The molecular formula is C27H19ClF2N4O4. The molecular weight excluding hydrogens is 518 g/mol. The minimum Gasteiger partial charge on any atom is -0.489 e. The summed E-state index contributed by atoms with van der Waals surface area (Å²) >= 11 is 6.32. The van der Waals surface area contributed by atoms with Gasteiger partial charge in [0.25, 0.3) is 5.56 Å². The summed E-state index contributed by atoms with van der Waals surface area (Å²) in [7, 11) is 0. The number of rotatable bonds is 6. The molecule has 0 aliphatic carbocycles. The first-order valence-corrected chi connectivity index (χ1v) is 11.8. The summed E-state index contributed by atoms with van der Waals surface area (Å²) in [6.07, 6.45) is 4.57. The first-order valence-electron chi connectivity index (χ1n) is 11.4. The van der Waals surface area contributed by atoms with Crippen LogP contribution >= 0.6 is 11.6 Å². The van der Waals surface area contributed by atoms with Crippen molar-refractivity contribution in [1.82, 2.24) is 20.2 Å². The predicted octanol–water partition coefficient (Wildman–Crippen LogP) is 4.33. The van der Waals surface area contributed by atoms with Crippen LogP contribution in [0.25, 0.3) is 16.8 Å². The van der Waals surface area contributed by atoms with Gasteiger partial charge in [-0.1, -0.05) is 17.7 Å². The van der Waals surface area contributed by atoms with Crippen molar-refractivity contribution in [1.29, 1.82) is 0 Å². The molecule has 2 N–H and O–H groups in total. The third-order valence-corrected chi connectivity index (χ3v) is 6.23. The number of pyridine rings is 2. The summed E-state index contributed by atoms with van der Waals surface area (Å²) in [6, 6.07) is 12.3. The van der Waals surface area contributed by atoms with E-state index in [1.165, 1.54) is 41.2 Å². The summed E-state index contributed by atoms with van der Waals surface area (Å²) in [4.78, 5) is 41.9. The zero-order valence-electron chi connectivity index (χ0n) is 19.6. The molecule has 3 heterocycles. The number of hydrogen-bond donors (Lipinski definition) is 2. The summed E-state index contributed by atoms with van der Waals surface area (Å²) in [5.41, 5.74) is 0.758. The van der Waals surface area contributed by atoms with E-state index in [2.05, 4.69) is 15.6 Å². The van der Waals surface area contributed by atoms with E-state index in [0.29, 0.717) is 16.8 Å². The fourth-order valence-corrected chi connectivity index (χ4v) is 4.34. The number of hydrogen-bond acceptors (Lipinski definition) is 5. The van der Waals surface area contributed by atoms with E-state index in [-0.39, 0.29) is 28.4 Å². The van der Waals surface area contributed by atoms with E-state index < -0.39 is 41.7 Å². The lowest BCUT2D eigenvalue weighted by Crippen LogP contribution is -2.51. The average Bonchev–Trinajstić information content (AvgIpc) is 2.89. The third-order valence-electron chi connectivity index (χ3n) is 6.01. The summed E-state index contributed by atoms with van der Waals surface area (Å²) < 4.78 is 35.1. The molecule has 3 amide bonds. The number of aromatic nitrogens is 2. The Balaban J connectivity index is 1.59. The average molecular weight is 537 g/mol. The van der Waals surface area contributed by atoms with E-state index in [4.69, 9.17) is 16.3 Å². The number of ether oxygens (including phenoxy) is 1. The number of carbonyl (C=O) groups excluding carboxylic acids is 2. The van der Waals surface area contributed by atoms with Gasteiger partial charge in [-0.15, -0.1) is 0 Å². The number of halogens is 3. The molecule has 2 aromatic heterocycles. The topological polar surface area (TPSA) is 102 Å². The molecule has 8 nitrogen and oxygen atoms in total. The van der Waals surface area contributed by atoms with Crippen LogP contribution in [0.15, 0.2) is 78.0 Å². The summed E-state index contributed by atoms with van der Waals surface area (Å²) in [6.45, 7) is -0.367. The quantitative estimate of drug-likeness (QED) is 0.382. The number of carbonyl (C=O) groups is 2. The van der Waals surface area contributed by atoms with Crippen LogP contribution in [0.1, 0.15) is 17.0 Å². The maximum Gasteiger partial charge on any atom is 0.321 e. The molecule has 0 saturated carbocycles. The Morgan fingerprint density at radius 2 is 1.84 bits per heavy atom. The molecule has 4 aromatic rings. The van der Waals surface area contributed by atoms with Gasteiger partial charge in [-0.2, -0.15) is 0 Å². The number of imide groups is 1. The Morgan fingerprint density at radius 3 is 2.55 bits per heavy atom. The normalized spacial score (nSPS) is 15.1. The Kier molecular flexibility index (Phi) is 6.89. The molecule has 0 radical (unpaired) electrons. The van der Waals surface area contributed by atoms with Crippen molar-refractivity contribution in [3.63, 3.8) is 0 Å². The molecule has 1 saturated heterocycles. The second-order valence-corrected chi connectivity index (χ2v) is 8.93. The number of nitrogens with zero attached hydrogens (tertiary/aromatic N) is 2. The Labute approximate surface area is 219 Å². The van der Waals surface area contributed by atoms with Crippen LogP contribution in [0, 0.1) is 11.6 Å². The number of urea groups is 1. The van der Waals surface area contributed by atoms with E-state index >= 15 is 0 Å². The largest absolute Gasteiger partial charge is 0.489 e. The Hall–Kier alpha value is -4.57. The molecule has 0 spiro atoms. The molecule has 1 aliphatic rings. The number of amides is 3. The molecule has 1 atom stereocenters. The molecule has 192 valence electrons. The first kappa shape index (κ1) is 25.1. The summed E-state index contributed by atoms with van der Waals surface area (Å²) in [5.74, 6) is -2.61. The third kappa shape index (κ3) is 5.12. The van der Waals surface area contributed by atoms with Gasteiger partial charge in [0.15, 0.2) is 0 Å². The molecule has 1 fully saturated rings. The standard InChI is InChI=1S/C27H19ClF2N4O4/c28-17-7-15(8-19(10-17)38-14-22-23(29)4-1-5-24(22)30)20-9-16(21-12-32-27(37)33-25(21)35)13-34(26(20)36)18-3-2-6-31-11-18/h1-11,13,21H,12,14H2,(H2,32,33,35,37). The Morgan fingerprint density at radius 1 is 1.05 bits per heavy atom. The van der Waals surface area contributed by atoms with E-state index in [0.717, 1.165) is 12.1 Å². The van der Waals surface area contributed by atoms with Gasteiger partial charge in [-0.3, -0.25) is 24.5 Å². The molecule has 0 bridgehead atoms. The van der Waals surface area contributed by atoms with Crippen LogP contribution in [0.4, 0.5) is 13.6 Å². The lowest BCUT2D eigenvalue weighted by Gasteiger charge is -2.23. The van der Waals surface area contributed by atoms with Crippen LogP contribution in [0.2, 0.25) is 5.02 Å². The molecule has 5 rings (SSSR count). The highest BCUT2D eigenvalue weighted by Gasteiger charge is 2.29. The lowest BCUT2D eigenvalue weighted by atomic mass is 9.95. The highest BCUT2D eigenvalue weighted by Crippen LogP contribution is 2.30. The van der Waals surface area contributed by atoms with Crippen molar-refractivity contribution < 1.29 is 23.1 Å². The minimum atomic E-state index is -0.770. The smallest absolute Gasteiger partial charge is 0.321 e. The molecule has 38 heavy (non-hydrogen) atoms. The van der Waals surface area contributed by atoms with Crippen LogP contribution in [-0.2, 0) is 11.4 Å². The monoisotopic (exact) mass is 536 g/mol. The van der Waals surface area contributed by atoms with Crippen LogP contribution < -0.4 is 20.9 Å². The maximum atomic E-state index is 14.1. The molecule has 2 aromatic carbocycles. The maximum absolute atomic E-state index is 14.1. The van der Waals surface area contributed by atoms with Gasteiger partial charge >= 0.3 is 6.03 Å². The molecule has 11 heteroatoms. The van der Waals surface area contributed by atoms with Crippen LogP contribution in [-0.4, -0.2) is 28.0 Å². The fourth-order valence-electron chi connectivity index (χ4n) is 4.12. The summed E-state index contributed by atoms with van der Waals surface area (Å²) in [5, 5.41) is 5.02. The zero-order chi connectivity index (χ0) is 26.8.